The Hall–Kier alpha value is -2.01. The van der Waals surface area contributed by atoms with Gasteiger partial charge in [0.15, 0.2) is 0 Å². The number of halogens is 1. The third kappa shape index (κ3) is 4.26. The summed E-state index contributed by atoms with van der Waals surface area (Å²) in [5, 5.41) is 3.48. The van der Waals surface area contributed by atoms with Gasteiger partial charge in [-0.15, -0.1) is 0 Å². The van der Waals surface area contributed by atoms with E-state index in [4.69, 9.17) is 0 Å². The molecule has 122 valence electrons. The lowest BCUT2D eigenvalue weighted by molar-refractivity contribution is 0.248. The normalized spacial score (nSPS) is 21.4. The fourth-order valence-electron chi connectivity index (χ4n) is 3.02. The lowest BCUT2D eigenvalue weighted by Crippen LogP contribution is -2.50. The monoisotopic (exact) mass is 314 g/mol. The van der Waals surface area contributed by atoms with Crippen LogP contribution >= 0.6 is 0 Å². The van der Waals surface area contributed by atoms with Crippen LogP contribution in [0.4, 0.5) is 10.1 Å². The van der Waals surface area contributed by atoms with Gasteiger partial charge in [-0.2, -0.15) is 0 Å². The summed E-state index contributed by atoms with van der Waals surface area (Å²) in [4.78, 5) is 10.6. The van der Waals surface area contributed by atoms with E-state index in [-0.39, 0.29) is 6.04 Å². The quantitative estimate of drug-likeness (QED) is 0.942. The Bertz CT molecular complexity index is 644. The first-order valence-electron chi connectivity index (χ1n) is 8.07. The van der Waals surface area contributed by atoms with Crippen molar-refractivity contribution in [2.24, 2.45) is 0 Å². The van der Waals surface area contributed by atoms with Crippen molar-refractivity contribution in [1.82, 2.24) is 15.3 Å². The van der Waals surface area contributed by atoms with Crippen molar-refractivity contribution < 1.29 is 4.39 Å². The summed E-state index contributed by atoms with van der Waals surface area (Å²) in [6, 6.07) is 8.18. The minimum Gasteiger partial charge on any atom is -0.366 e. The van der Waals surface area contributed by atoms with E-state index < -0.39 is 6.17 Å². The fourth-order valence-corrected chi connectivity index (χ4v) is 3.02. The van der Waals surface area contributed by atoms with E-state index in [0.717, 1.165) is 30.2 Å². The van der Waals surface area contributed by atoms with Crippen LogP contribution in [0.3, 0.4) is 0 Å². The highest BCUT2D eigenvalue weighted by Gasteiger charge is 2.27. The van der Waals surface area contributed by atoms with Gasteiger partial charge in [0.2, 0.25) is 0 Å². The minimum absolute atomic E-state index is 0.133. The number of pyridine rings is 2. The van der Waals surface area contributed by atoms with Gasteiger partial charge in [-0.1, -0.05) is 0 Å². The van der Waals surface area contributed by atoms with E-state index in [0.29, 0.717) is 13.0 Å². The van der Waals surface area contributed by atoms with E-state index in [1.807, 2.05) is 44.4 Å². The molecule has 0 aromatic carbocycles. The van der Waals surface area contributed by atoms with Crippen molar-refractivity contribution in [1.29, 1.82) is 0 Å². The molecular formula is C18H23FN4. The molecule has 23 heavy (non-hydrogen) atoms. The third-order valence-electron chi connectivity index (χ3n) is 4.22. The molecule has 1 fully saturated rings. The second-order valence-electron chi connectivity index (χ2n) is 6.28. The molecule has 4 nitrogen and oxygen atoms in total. The van der Waals surface area contributed by atoms with Crippen LogP contribution in [-0.4, -0.2) is 35.3 Å². The minimum atomic E-state index is -0.818. The molecule has 0 bridgehead atoms. The number of alkyl halides is 1. The van der Waals surface area contributed by atoms with E-state index in [9.17, 15) is 4.39 Å². The number of nitrogens with zero attached hydrogens (tertiary/aromatic N) is 3. The summed E-state index contributed by atoms with van der Waals surface area (Å²) in [5.41, 5.74) is 4.15. The average Bonchev–Trinajstić information content (AvgIpc) is 2.53. The van der Waals surface area contributed by atoms with Gasteiger partial charge in [0, 0.05) is 43.3 Å². The predicted octanol–water partition coefficient (Wildman–Crippen LogP) is 2.80. The zero-order valence-electron chi connectivity index (χ0n) is 13.7. The van der Waals surface area contributed by atoms with Crippen LogP contribution in [0, 0.1) is 13.8 Å². The molecule has 0 spiro atoms. The lowest BCUT2D eigenvalue weighted by Gasteiger charge is -2.36. The topological polar surface area (TPSA) is 41.0 Å². The van der Waals surface area contributed by atoms with Gasteiger partial charge < -0.3 is 10.2 Å². The molecule has 2 atom stereocenters. The molecule has 0 amide bonds. The number of nitrogens with one attached hydrogen (secondary N) is 1. The molecule has 5 heteroatoms. The van der Waals surface area contributed by atoms with Crippen LogP contribution in [0.25, 0.3) is 0 Å². The summed E-state index contributed by atoms with van der Waals surface area (Å²) in [7, 11) is 0. The number of hydrogen-bond acceptors (Lipinski definition) is 4. The molecule has 1 saturated heterocycles. The summed E-state index contributed by atoms with van der Waals surface area (Å²) in [6.07, 6.45) is 3.38. The molecule has 2 aromatic rings. The Kier molecular flexibility index (Phi) is 4.86. The second-order valence-corrected chi connectivity index (χ2v) is 6.28. The predicted molar refractivity (Wildman–Crippen MR) is 90.3 cm³/mol. The number of aromatic nitrogens is 2. The SMILES string of the molecule is Cc1ccc(N2CC(F)CC(NCc3ccnc(C)c3)C2)cn1. The highest BCUT2D eigenvalue weighted by atomic mass is 19.1. The molecule has 1 aliphatic heterocycles. The standard InChI is InChI=1S/C18H23FN4/c1-13-3-4-18(10-21-13)23-11-16(19)8-17(12-23)22-9-15-5-6-20-14(2)7-15/h3-7,10,16-17,22H,8-9,11-12H2,1-2H3. The first-order valence-corrected chi connectivity index (χ1v) is 8.07. The summed E-state index contributed by atoms with van der Waals surface area (Å²) >= 11 is 0. The van der Waals surface area contributed by atoms with Crippen molar-refractivity contribution in [3.8, 4) is 0 Å². The molecular weight excluding hydrogens is 291 g/mol. The van der Waals surface area contributed by atoms with Crippen LogP contribution in [0.2, 0.25) is 0 Å². The third-order valence-corrected chi connectivity index (χ3v) is 4.22. The van der Waals surface area contributed by atoms with Crippen molar-refractivity contribution in [2.75, 3.05) is 18.0 Å². The highest BCUT2D eigenvalue weighted by Crippen LogP contribution is 2.21. The van der Waals surface area contributed by atoms with Crippen molar-refractivity contribution in [2.45, 2.75) is 39.0 Å². The van der Waals surface area contributed by atoms with Crippen molar-refractivity contribution >= 4 is 5.69 Å². The van der Waals surface area contributed by atoms with Crippen molar-refractivity contribution in [3.05, 3.63) is 53.6 Å². The number of rotatable bonds is 4. The zero-order valence-corrected chi connectivity index (χ0v) is 13.7. The van der Waals surface area contributed by atoms with E-state index >= 15 is 0 Å². The molecule has 0 saturated carbocycles. The molecule has 2 unspecified atom stereocenters. The Morgan fingerprint density at radius 1 is 1.17 bits per heavy atom. The highest BCUT2D eigenvalue weighted by molar-refractivity contribution is 5.45. The van der Waals surface area contributed by atoms with Crippen LogP contribution in [0.5, 0.6) is 0 Å². The Morgan fingerprint density at radius 3 is 2.78 bits per heavy atom. The summed E-state index contributed by atoms with van der Waals surface area (Å²) in [6.45, 7) is 5.92. The maximum absolute atomic E-state index is 14.1. The first-order chi connectivity index (χ1) is 11.1. The number of anilines is 1. The molecule has 3 heterocycles. The van der Waals surface area contributed by atoms with E-state index in [2.05, 4.69) is 26.3 Å². The fraction of sp³-hybridized carbons (Fsp3) is 0.444. The van der Waals surface area contributed by atoms with Crippen LogP contribution < -0.4 is 10.2 Å². The largest absolute Gasteiger partial charge is 0.366 e. The molecule has 0 aliphatic carbocycles. The maximum Gasteiger partial charge on any atom is 0.119 e. The van der Waals surface area contributed by atoms with Gasteiger partial charge in [-0.05, 0) is 50.1 Å². The molecule has 0 radical (unpaired) electrons. The maximum atomic E-state index is 14.1. The molecule has 3 rings (SSSR count). The first kappa shape index (κ1) is 15.9. The van der Waals surface area contributed by atoms with Gasteiger partial charge in [0.25, 0.3) is 0 Å². The van der Waals surface area contributed by atoms with Gasteiger partial charge in [0.1, 0.15) is 6.17 Å². The smallest absolute Gasteiger partial charge is 0.119 e. The average molecular weight is 314 g/mol. The Morgan fingerprint density at radius 2 is 2.04 bits per heavy atom. The Labute approximate surface area is 136 Å². The number of hydrogen-bond donors (Lipinski definition) is 1. The summed E-state index contributed by atoms with van der Waals surface area (Å²) in [5.74, 6) is 0. The lowest BCUT2D eigenvalue weighted by atomic mass is 10.0. The van der Waals surface area contributed by atoms with Crippen LogP contribution in [0.15, 0.2) is 36.7 Å². The zero-order chi connectivity index (χ0) is 16.2. The van der Waals surface area contributed by atoms with Gasteiger partial charge in [-0.3, -0.25) is 9.97 Å². The molecule has 2 aromatic heterocycles. The number of piperidine rings is 1. The Balaban J connectivity index is 1.62. The van der Waals surface area contributed by atoms with E-state index in [1.54, 1.807) is 0 Å². The van der Waals surface area contributed by atoms with E-state index in [1.165, 1.54) is 5.56 Å². The van der Waals surface area contributed by atoms with Crippen molar-refractivity contribution in [3.63, 3.8) is 0 Å². The molecule has 1 N–H and O–H groups in total. The van der Waals surface area contributed by atoms with Crippen LogP contribution in [-0.2, 0) is 6.54 Å². The van der Waals surface area contributed by atoms with Gasteiger partial charge in [0.05, 0.1) is 11.9 Å². The summed E-state index contributed by atoms with van der Waals surface area (Å²) < 4.78 is 14.1. The van der Waals surface area contributed by atoms with Gasteiger partial charge in [-0.25, -0.2) is 4.39 Å². The molecule has 1 aliphatic rings. The van der Waals surface area contributed by atoms with Crippen LogP contribution in [0.1, 0.15) is 23.4 Å². The second kappa shape index (κ2) is 7.04. The number of aryl methyl sites for hydroxylation is 2. The van der Waals surface area contributed by atoms with Gasteiger partial charge >= 0.3 is 0 Å².